The Kier molecular flexibility index (Phi) is 5.61. The number of aryl methyl sites for hydroxylation is 1. The number of aromatic nitrogens is 2. The minimum absolute atomic E-state index is 0.493. The fraction of sp³-hybridized carbons (Fsp3) is 0.812. The molecule has 1 fully saturated rings. The van der Waals surface area contributed by atoms with E-state index in [1.165, 1.54) is 31.5 Å². The Labute approximate surface area is 123 Å². The second-order valence-electron chi connectivity index (χ2n) is 6.16. The van der Waals surface area contributed by atoms with Crippen LogP contribution in [0.3, 0.4) is 0 Å². The molecule has 2 unspecified atom stereocenters. The maximum atomic E-state index is 4.50. The van der Waals surface area contributed by atoms with Crippen LogP contribution in [0.2, 0.25) is 0 Å². The Hall–Kier alpha value is -0.870. The normalized spacial score (nSPS) is 25.1. The topological polar surface area (TPSA) is 33.1 Å². The van der Waals surface area contributed by atoms with Crippen molar-refractivity contribution in [3.63, 3.8) is 0 Å². The van der Waals surface area contributed by atoms with E-state index in [-0.39, 0.29) is 0 Å². The number of likely N-dealkylation sites (tertiary alicyclic amines) is 1. The van der Waals surface area contributed by atoms with Gasteiger partial charge in [0.2, 0.25) is 0 Å². The van der Waals surface area contributed by atoms with Crippen LogP contribution in [0.1, 0.15) is 51.8 Å². The van der Waals surface area contributed by atoms with Gasteiger partial charge in [0.1, 0.15) is 0 Å². The highest BCUT2D eigenvalue weighted by Crippen LogP contribution is 2.36. The van der Waals surface area contributed by atoms with Crippen LogP contribution in [-0.4, -0.2) is 40.9 Å². The molecule has 1 saturated heterocycles. The first-order valence-electron chi connectivity index (χ1n) is 8.11. The van der Waals surface area contributed by atoms with Crippen molar-refractivity contribution < 1.29 is 0 Å². The van der Waals surface area contributed by atoms with E-state index in [9.17, 15) is 0 Å². The van der Waals surface area contributed by atoms with E-state index in [0.29, 0.717) is 18.0 Å². The molecule has 114 valence electrons. The van der Waals surface area contributed by atoms with Gasteiger partial charge in [0, 0.05) is 18.8 Å². The van der Waals surface area contributed by atoms with Gasteiger partial charge in [-0.3, -0.25) is 9.58 Å². The molecular weight excluding hydrogens is 248 g/mol. The van der Waals surface area contributed by atoms with Crippen molar-refractivity contribution in [3.8, 4) is 0 Å². The zero-order chi connectivity index (χ0) is 14.5. The van der Waals surface area contributed by atoms with Gasteiger partial charge < -0.3 is 5.32 Å². The molecule has 0 spiro atoms. The molecular formula is C16H30N4. The fourth-order valence-electron chi connectivity index (χ4n) is 3.59. The lowest BCUT2D eigenvalue weighted by molar-refractivity contribution is 0.111. The second kappa shape index (κ2) is 7.23. The summed E-state index contributed by atoms with van der Waals surface area (Å²) in [7, 11) is 2.07. The van der Waals surface area contributed by atoms with Gasteiger partial charge >= 0.3 is 0 Å². The van der Waals surface area contributed by atoms with E-state index in [2.05, 4.69) is 53.9 Å². The van der Waals surface area contributed by atoms with Gasteiger partial charge in [-0.05, 0) is 65.7 Å². The summed E-state index contributed by atoms with van der Waals surface area (Å²) in [5.41, 5.74) is 1.39. The molecule has 4 nitrogen and oxygen atoms in total. The van der Waals surface area contributed by atoms with Crippen molar-refractivity contribution in [1.82, 2.24) is 20.0 Å². The summed E-state index contributed by atoms with van der Waals surface area (Å²) >= 11 is 0. The average Bonchev–Trinajstić information content (AvgIpc) is 2.79. The molecule has 1 aromatic rings. The van der Waals surface area contributed by atoms with Crippen molar-refractivity contribution in [2.45, 2.75) is 58.7 Å². The molecule has 2 atom stereocenters. The third kappa shape index (κ3) is 3.23. The molecule has 0 amide bonds. The first-order chi connectivity index (χ1) is 9.69. The van der Waals surface area contributed by atoms with Crippen molar-refractivity contribution >= 4 is 0 Å². The quantitative estimate of drug-likeness (QED) is 0.899. The van der Waals surface area contributed by atoms with E-state index in [1.807, 2.05) is 6.20 Å². The molecule has 1 aromatic heterocycles. The van der Waals surface area contributed by atoms with Crippen LogP contribution in [0.5, 0.6) is 0 Å². The van der Waals surface area contributed by atoms with E-state index >= 15 is 0 Å². The molecule has 0 saturated carbocycles. The molecule has 1 N–H and O–H groups in total. The van der Waals surface area contributed by atoms with Crippen LogP contribution in [0.4, 0.5) is 0 Å². The van der Waals surface area contributed by atoms with Crippen molar-refractivity contribution in [2.24, 2.45) is 5.92 Å². The smallest absolute Gasteiger partial charge is 0.0560 e. The Balaban J connectivity index is 2.36. The average molecular weight is 278 g/mol. The van der Waals surface area contributed by atoms with Crippen molar-refractivity contribution in [3.05, 3.63) is 18.0 Å². The molecule has 0 aliphatic carbocycles. The van der Waals surface area contributed by atoms with Crippen molar-refractivity contribution in [2.75, 3.05) is 20.1 Å². The first-order valence-corrected chi connectivity index (χ1v) is 8.11. The zero-order valence-electron chi connectivity index (χ0n) is 13.5. The number of hydrogen-bond acceptors (Lipinski definition) is 3. The van der Waals surface area contributed by atoms with Gasteiger partial charge in [0.25, 0.3) is 0 Å². The molecule has 2 heterocycles. The van der Waals surface area contributed by atoms with Gasteiger partial charge in [-0.15, -0.1) is 0 Å². The largest absolute Gasteiger partial charge is 0.319 e. The summed E-state index contributed by atoms with van der Waals surface area (Å²) in [4.78, 5) is 2.68. The number of nitrogens with zero attached hydrogens (tertiary/aromatic N) is 3. The number of nitrogens with one attached hydrogen (secondary N) is 1. The third-order valence-electron chi connectivity index (χ3n) is 4.53. The molecule has 0 radical (unpaired) electrons. The monoisotopic (exact) mass is 278 g/mol. The predicted octanol–water partition coefficient (Wildman–Crippen LogP) is 2.67. The summed E-state index contributed by atoms with van der Waals surface area (Å²) in [5.74, 6) is 0.673. The van der Waals surface area contributed by atoms with Crippen LogP contribution >= 0.6 is 0 Å². The molecule has 4 heteroatoms. The standard InChI is InChI=1S/C16H30N4/c1-5-20-15(9-10-18-20)16-14(12-17-4)8-6-7-11-19(16)13(2)3/h9-10,13-14,16-17H,5-8,11-12H2,1-4H3. The summed E-state index contributed by atoms with van der Waals surface area (Å²) in [6.45, 7) is 10.1. The minimum atomic E-state index is 0.493. The van der Waals surface area contributed by atoms with Gasteiger partial charge in [-0.1, -0.05) is 6.42 Å². The fourth-order valence-corrected chi connectivity index (χ4v) is 3.59. The molecule has 0 bridgehead atoms. The Morgan fingerprint density at radius 2 is 2.20 bits per heavy atom. The van der Waals surface area contributed by atoms with Gasteiger partial charge in [0.15, 0.2) is 0 Å². The molecule has 0 aromatic carbocycles. The Morgan fingerprint density at radius 1 is 1.40 bits per heavy atom. The zero-order valence-corrected chi connectivity index (χ0v) is 13.5. The third-order valence-corrected chi connectivity index (χ3v) is 4.53. The lowest BCUT2D eigenvalue weighted by Crippen LogP contribution is -2.41. The molecule has 2 rings (SSSR count). The summed E-state index contributed by atoms with van der Waals surface area (Å²) in [6, 6.07) is 3.29. The Bertz CT molecular complexity index is 399. The van der Waals surface area contributed by atoms with Gasteiger partial charge in [-0.2, -0.15) is 5.10 Å². The minimum Gasteiger partial charge on any atom is -0.319 e. The highest BCUT2D eigenvalue weighted by atomic mass is 15.3. The molecule has 1 aliphatic rings. The lowest BCUT2D eigenvalue weighted by Gasteiger charge is -2.38. The number of hydrogen-bond donors (Lipinski definition) is 1. The van der Waals surface area contributed by atoms with Gasteiger partial charge in [-0.25, -0.2) is 0 Å². The summed E-state index contributed by atoms with van der Waals surface area (Å²) < 4.78 is 2.17. The van der Waals surface area contributed by atoms with Crippen LogP contribution in [0.25, 0.3) is 0 Å². The summed E-state index contributed by atoms with van der Waals surface area (Å²) in [6.07, 6.45) is 5.92. The number of rotatable bonds is 5. The van der Waals surface area contributed by atoms with Crippen LogP contribution in [0, 0.1) is 5.92 Å². The van der Waals surface area contributed by atoms with E-state index in [1.54, 1.807) is 0 Å². The summed E-state index contributed by atoms with van der Waals surface area (Å²) in [5, 5.41) is 7.90. The lowest BCUT2D eigenvalue weighted by atomic mass is 9.91. The molecule has 1 aliphatic heterocycles. The SMILES string of the molecule is CCn1nccc1C1C(CNC)CCCCN1C(C)C. The Morgan fingerprint density at radius 3 is 2.85 bits per heavy atom. The first kappa shape index (κ1) is 15.5. The van der Waals surface area contributed by atoms with E-state index in [4.69, 9.17) is 0 Å². The second-order valence-corrected chi connectivity index (χ2v) is 6.16. The van der Waals surface area contributed by atoms with E-state index in [0.717, 1.165) is 13.1 Å². The maximum Gasteiger partial charge on any atom is 0.0560 e. The van der Waals surface area contributed by atoms with Crippen LogP contribution in [0.15, 0.2) is 12.3 Å². The van der Waals surface area contributed by atoms with Gasteiger partial charge in [0.05, 0.1) is 11.7 Å². The van der Waals surface area contributed by atoms with E-state index < -0.39 is 0 Å². The maximum absolute atomic E-state index is 4.50. The van der Waals surface area contributed by atoms with Crippen LogP contribution < -0.4 is 5.32 Å². The highest BCUT2D eigenvalue weighted by Gasteiger charge is 2.33. The van der Waals surface area contributed by atoms with Crippen molar-refractivity contribution in [1.29, 1.82) is 0 Å². The predicted molar refractivity (Wildman–Crippen MR) is 83.8 cm³/mol. The highest BCUT2D eigenvalue weighted by molar-refractivity contribution is 5.10. The molecule has 20 heavy (non-hydrogen) atoms. The van der Waals surface area contributed by atoms with Crippen LogP contribution in [-0.2, 0) is 6.54 Å².